The molecule has 0 aromatic heterocycles. The van der Waals surface area contributed by atoms with Crippen molar-refractivity contribution in [3.05, 3.63) is 24.3 Å². The largest absolute Gasteiger partial charge is 0.497 e. The van der Waals surface area contributed by atoms with Crippen LogP contribution in [-0.2, 0) is 9.53 Å². The van der Waals surface area contributed by atoms with Gasteiger partial charge < -0.3 is 19.1 Å². The zero-order valence-corrected chi connectivity index (χ0v) is 14.3. The molecule has 0 saturated carbocycles. The number of benzene rings is 1. The minimum Gasteiger partial charge on any atom is -0.497 e. The fourth-order valence-corrected chi connectivity index (χ4v) is 2.66. The van der Waals surface area contributed by atoms with E-state index >= 15 is 0 Å². The summed E-state index contributed by atoms with van der Waals surface area (Å²) in [5.74, 6) is 2.02. The third kappa shape index (κ3) is 5.75. The Morgan fingerprint density at radius 3 is 2.87 bits per heavy atom. The smallest absolute Gasteiger partial charge is 0.248 e. The number of rotatable bonds is 7. The summed E-state index contributed by atoms with van der Waals surface area (Å²) >= 11 is 0. The molecule has 1 amide bonds. The molecule has 1 heterocycles. The number of nitrogens with zero attached hydrogens (tertiary/aromatic N) is 1. The predicted octanol–water partition coefficient (Wildman–Crippen LogP) is 2.74. The van der Waals surface area contributed by atoms with E-state index < -0.39 is 0 Å². The van der Waals surface area contributed by atoms with Gasteiger partial charge in [-0.3, -0.25) is 4.79 Å². The van der Waals surface area contributed by atoms with Crippen molar-refractivity contribution in [3.63, 3.8) is 0 Å². The third-order valence-corrected chi connectivity index (χ3v) is 3.94. The molecule has 1 aliphatic heterocycles. The van der Waals surface area contributed by atoms with Crippen LogP contribution in [0.4, 0.5) is 0 Å². The van der Waals surface area contributed by atoms with E-state index in [1.54, 1.807) is 7.11 Å². The monoisotopic (exact) mass is 321 g/mol. The number of carbonyl (C=O) groups excluding carboxylic acids is 1. The molecule has 23 heavy (non-hydrogen) atoms. The van der Waals surface area contributed by atoms with Crippen LogP contribution in [-0.4, -0.2) is 50.3 Å². The van der Waals surface area contributed by atoms with Gasteiger partial charge in [-0.25, -0.2) is 0 Å². The van der Waals surface area contributed by atoms with E-state index in [0.717, 1.165) is 37.4 Å². The van der Waals surface area contributed by atoms with Crippen molar-refractivity contribution in [3.8, 4) is 11.5 Å². The first-order chi connectivity index (χ1) is 11.1. The normalized spacial score (nSPS) is 18.1. The molecular weight excluding hydrogens is 294 g/mol. The summed E-state index contributed by atoms with van der Waals surface area (Å²) in [5, 5.41) is 0. The molecule has 0 spiro atoms. The van der Waals surface area contributed by atoms with Gasteiger partial charge in [0.25, 0.3) is 0 Å². The zero-order chi connectivity index (χ0) is 16.7. The van der Waals surface area contributed by atoms with Crippen LogP contribution in [0.1, 0.15) is 26.7 Å². The fourth-order valence-electron chi connectivity index (χ4n) is 2.66. The summed E-state index contributed by atoms with van der Waals surface area (Å²) in [4.78, 5) is 14.0. The topological polar surface area (TPSA) is 48.0 Å². The average molecular weight is 321 g/mol. The van der Waals surface area contributed by atoms with E-state index in [-0.39, 0.29) is 18.6 Å². The van der Waals surface area contributed by atoms with Crippen molar-refractivity contribution in [1.82, 2.24) is 4.90 Å². The maximum absolute atomic E-state index is 12.1. The number of likely N-dealkylation sites (tertiary alicyclic amines) is 1. The second-order valence-electron chi connectivity index (χ2n) is 6.20. The Hall–Kier alpha value is -1.75. The molecule has 0 bridgehead atoms. The Morgan fingerprint density at radius 1 is 1.35 bits per heavy atom. The van der Waals surface area contributed by atoms with Crippen LogP contribution < -0.4 is 9.47 Å². The highest BCUT2D eigenvalue weighted by atomic mass is 16.5. The highest BCUT2D eigenvalue weighted by Gasteiger charge is 2.24. The van der Waals surface area contributed by atoms with Crippen LogP contribution >= 0.6 is 0 Å². The maximum atomic E-state index is 12.1. The molecule has 1 aliphatic rings. The number of hydrogen-bond acceptors (Lipinski definition) is 4. The fraction of sp³-hybridized carbons (Fsp3) is 0.611. The van der Waals surface area contributed by atoms with Crippen LogP contribution in [0.5, 0.6) is 11.5 Å². The molecule has 2 rings (SSSR count). The molecular formula is C18H27NO4. The van der Waals surface area contributed by atoms with Crippen molar-refractivity contribution in [1.29, 1.82) is 0 Å². The SMILES string of the molecule is COc1cccc(OC[C@@H]2CCCN(C(=O)COC(C)C)C2)c1. The van der Waals surface area contributed by atoms with Gasteiger partial charge in [-0.1, -0.05) is 6.07 Å². The van der Waals surface area contributed by atoms with E-state index in [9.17, 15) is 4.79 Å². The van der Waals surface area contributed by atoms with Crippen molar-refractivity contribution >= 4 is 5.91 Å². The molecule has 1 saturated heterocycles. The van der Waals surface area contributed by atoms with E-state index in [4.69, 9.17) is 14.2 Å². The van der Waals surface area contributed by atoms with Crippen LogP contribution in [0.3, 0.4) is 0 Å². The molecule has 1 aromatic rings. The van der Waals surface area contributed by atoms with Crippen LogP contribution in [0, 0.1) is 5.92 Å². The lowest BCUT2D eigenvalue weighted by atomic mass is 9.99. The van der Waals surface area contributed by atoms with Gasteiger partial charge in [0.05, 0.1) is 19.8 Å². The number of ether oxygens (including phenoxy) is 3. The molecule has 0 N–H and O–H groups in total. The molecule has 0 aliphatic carbocycles. The highest BCUT2D eigenvalue weighted by Crippen LogP contribution is 2.22. The number of piperidine rings is 1. The Morgan fingerprint density at radius 2 is 2.13 bits per heavy atom. The van der Waals surface area contributed by atoms with Crippen LogP contribution in [0.15, 0.2) is 24.3 Å². The average Bonchev–Trinajstić information content (AvgIpc) is 2.58. The number of amides is 1. The minimum absolute atomic E-state index is 0.0739. The van der Waals surface area contributed by atoms with Gasteiger partial charge in [0.1, 0.15) is 18.1 Å². The minimum atomic E-state index is 0.0739. The Balaban J connectivity index is 1.80. The van der Waals surface area contributed by atoms with E-state index in [2.05, 4.69) is 0 Å². The van der Waals surface area contributed by atoms with Gasteiger partial charge in [0.2, 0.25) is 5.91 Å². The molecule has 5 heteroatoms. The molecule has 1 atom stereocenters. The first-order valence-corrected chi connectivity index (χ1v) is 8.24. The number of methoxy groups -OCH3 is 1. The lowest BCUT2D eigenvalue weighted by molar-refractivity contribution is -0.139. The molecule has 1 aromatic carbocycles. The van der Waals surface area contributed by atoms with Crippen molar-refractivity contribution in [2.24, 2.45) is 5.92 Å². The Labute approximate surface area is 138 Å². The van der Waals surface area contributed by atoms with E-state index in [1.807, 2.05) is 43.0 Å². The Kier molecular flexibility index (Phi) is 6.71. The number of hydrogen-bond donors (Lipinski definition) is 0. The van der Waals surface area contributed by atoms with Gasteiger partial charge in [0, 0.05) is 25.1 Å². The van der Waals surface area contributed by atoms with Crippen molar-refractivity contribution in [2.45, 2.75) is 32.8 Å². The second kappa shape index (κ2) is 8.77. The van der Waals surface area contributed by atoms with Crippen LogP contribution in [0.2, 0.25) is 0 Å². The summed E-state index contributed by atoms with van der Waals surface area (Å²) in [6.07, 6.45) is 2.18. The molecule has 1 fully saturated rings. The summed E-state index contributed by atoms with van der Waals surface area (Å²) in [6, 6.07) is 7.60. The van der Waals surface area contributed by atoms with Gasteiger partial charge in [-0.2, -0.15) is 0 Å². The lowest BCUT2D eigenvalue weighted by Gasteiger charge is -2.32. The predicted molar refractivity (Wildman–Crippen MR) is 88.9 cm³/mol. The van der Waals surface area contributed by atoms with Gasteiger partial charge >= 0.3 is 0 Å². The van der Waals surface area contributed by atoms with Gasteiger partial charge in [0.15, 0.2) is 0 Å². The van der Waals surface area contributed by atoms with E-state index in [1.165, 1.54) is 0 Å². The maximum Gasteiger partial charge on any atom is 0.248 e. The van der Waals surface area contributed by atoms with E-state index in [0.29, 0.717) is 12.5 Å². The lowest BCUT2D eigenvalue weighted by Crippen LogP contribution is -2.43. The molecule has 5 nitrogen and oxygen atoms in total. The summed E-state index contributed by atoms with van der Waals surface area (Å²) in [5.41, 5.74) is 0. The third-order valence-electron chi connectivity index (χ3n) is 3.94. The first-order valence-electron chi connectivity index (χ1n) is 8.24. The molecule has 0 radical (unpaired) electrons. The van der Waals surface area contributed by atoms with Crippen molar-refractivity contribution < 1.29 is 19.0 Å². The van der Waals surface area contributed by atoms with Crippen molar-refractivity contribution in [2.75, 3.05) is 33.4 Å². The highest BCUT2D eigenvalue weighted by molar-refractivity contribution is 5.77. The molecule has 128 valence electrons. The second-order valence-corrected chi connectivity index (χ2v) is 6.20. The zero-order valence-electron chi connectivity index (χ0n) is 14.3. The standard InChI is InChI=1S/C18H27NO4/c1-14(2)22-13-18(20)19-9-5-6-15(11-19)12-23-17-8-4-7-16(10-17)21-3/h4,7-8,10,14-15H,5-6,9,11-13H2,1-3H3/t15-/m1/s1. The first kappa shape index (κ1) is 17.6. The van der Waals surface area contributed by atoms with Gasteiger partial charge in [-0.05, 0) is 38.8 Å². The summed E-state index contributed by atoms with van der Waals surface area (Å²) in [7, 11) is 1.64. The summed E-state index contributed by atoms with van der Waals surface area (Å²) in [6.45, 7) is 6.21. The summed E-state index contributed by atoms with van der Waals surface area (Å²) < 4.78 is 16.5. The number of carbonyl (C=O) groups is 1. The van der Waals surface area contributed by atoms with Gasteiger partial charge in [-0.15, -0.1) is 0 Å². The quantitative estimate of drug-likeness (QED) is 0.775. The molecule has 0 unspecified atom stereocenters. The van der Waals surface area contributed by atoms with Crippen LogP contribution in [0.25, 0.3) is 0 Å². The Bertz CT molecular complexity index is 504.